The fraction of sp³-hybridized carbons (Fsp3) is 0.529. The summed E-state index contributed by atoms with van der Waals surface area (Å²) in [6, 6.07) is 7.30. The van der Waals surface area contributed by atoms with E-state index in [9.17, 15) is 9.59 Å². The number of carboxylic acid groups (broad SMARTS) is 1. The predicted octanol–water partition coefficient (Wildman–Crippen LogP) is 1.43. The highest BCUT2D eigenvalue weighted by Gasteiger charge is 2.35. The number of benzene rings is 1. The molecule has 0 saturated heterocycles. The Labute approximate surface area is 136 Å². The van der Waals surface area contributed by atoms with Crippen molar-refractivity contribution in [1.29, 1.82) is 0 Å². The standard InChI is InChI=1S/C17H24N2O4/c1-12-4-3-5-15(10-12)23-9-8-18-16(20)11-19(14-6-7-14)13(2)17(21)22/h3-5,10,13-14H,6-9,11H2,1-2H3,(H,18,20)(H,21,22). The number of hydrogen-bond donors (Lipinski definition) is 2. The molecular weight excluding hydrogens is 296 g/mol. The zero-order valence-corrected chi connectivity index (χ0v) is 13.6. The van der Waals surface area contributed by atoms with Gasteiger partial charge in [-0.3, -0.25) is 14.5 Å². The third kappa shape index (κ3) is 5.56. The summed E-state index contributed by atoms with van der Waals surface area (Å²) in [6.07, 6.45) is 1.92. The second-order valence-corrected chi connectivity index (χ2v) is 5.93. The maximum atomic E-state index is 12.0. The van der Waals surface area contributed by atoms with Crippen molar-refractivity contribution in [2.24, 2.45) is 0 Å². The maximum Gasteiger partial charge on any atom is 0.320 e. The predicted molar refractivity (Wildman–Crippen MR) is 86.5 cm³/mol. The van der Waals surface area contributed by atoms with Gasteiger partial charge in [-0.1, -0.05) is 12.1 Å². The molecule has 1 amide bonds. The molecule has 1 aliphatic carbocycles. The van der Waals surface area contributed by atoms with Crippen LogP contribution in [0.1, 0.15) is 25.3 Å². The van der Waals surface area contributed by atoms with E-state index in [0.29, 0.717) is 13.2 Å². The van der Waals surface area contributed by atoms with Gasteiger partial charge in [0.2, 0.25) is 5.91 Å². The summed E-state index contributed by atoms with van der Waals surface area (Å²) in [4.78, 5) is 24.8. The summed E-state index contributed by atoms with van der Waals surface area (Å²) in [5, 5.41) is 11.9. The van der Waals surface area contributed by atoms with Crippen LogP contribution in [-0.4, -0.2) is 53.7 Å². The molecule has 0 bridgehead atoms. The van der Waals surface area contributed by atoms with E-state index in [2.05, 4.69) is 5.32 Å². The van der Waals surface area contributed by atoms with E-state index in [-0.39, 0.29) is 18.5 Å². The van der Waals surface area contributed by atoms with Crippen molar-refractivity contribution in [1.82, 2.24) is 10.2 Å². The fourth-order valence-corrected chi connectivity index (χ4v) is 2.42. The molecule has 6 nitrogen and oxygen atoms in total. The molecule has 1 aliphatic rings. The second-order valence-electron chi connectivity index (χ2n) is 5.93. The average molecular weight is 320 g/mol. The van der Waals surface area contributed by atoms with Crippen LogP contribution in [0.3, 0.4) is 0 Å². The summed E-state index contributed by atoms with van der Waals surface area (Å²) < 4.78 is 5.57. The number of hydrogen-bond acceptors (Lipinski definition) is 4. The van der Waals surface area contributed by atoms with Crippen molar-refractivity contribution >= 4 is 11.9 Å². The minimum atomic E-state index is -0.896. The lowest BCUT2D eigenvalue weighted by molar-refractivity contribution is -0.143. The molecule has 0 aliphatic heterocycles. The molecule has 23 heavy (non-hydrogen) atoms. The van der Waals surface area contributed by atoms with Crippen LogP contribution in [0, 0.1) is 6.92 Å². The molecule has 0 heterocycles. The Hall–Kier alpha value is -2.08. The van der Waals surface area contributed by atoms with Crippen molar-refractivity contribution in [2.45, 2.75) is 38.8 Å². The number of carboxylic acids is 1. The molecule has 2 N–H and O–H groups in total. The topological polar surface area (TPSA) is 78.9 Å². The van der Waals surface area contributed by atoms with E-state index in [1.807, 2.05) is 31.2 Å². The molecule has 0 aromatic heterocycles. The van der Waals surface area contributed by atoms with Crippen LogP contribution in [0.5, 0.6) is 5.75 Å². The first-order valence-corrected chi connectivity index (χ1v) is 7.92. The molecule has 0 spiro atoms. The molecule has 1 saturated carbocycles. The third-order valence-electron chi connectivity index (χ3n) is 3.88. The van der Waals surface area contributed by atoms with Crippen LogP contribution in [0.2, 0.25) is 0 Å². The maximum absolute atomic E-state index is 12.0. The number of nitrogens with zero attached hydrogens (tertiary/aromatic N) is 1. The van der Waals surface area contributed by atoms with E-state index in [0.717, 1.165) is 24.2 Å². The van der Waals surface area contributed by atoms with Crippen LogP contribution in [-0.2, 0) is 9.59 Å². The van der Waals surface area contributed by atoms with Gasteiger partial charge in [0.25, 0.3) is 0 Å². The summed E-state index contributed by atoms with van der Waals surface area (Å²) in [5.74, 6) is -0.288. The van der Waals surface area contributed by atoms with Gasteiger partial charge in [-0.25, -0.2) is 0 Å². The highest BCUT2D eigenvalue weighted by Crippen LogP contribution is 2.28. The summed E-state index contributed by atoms with van der Waals surface area (Å²) in [7, 11) is 0. The van der Waals surface area contributed by atoms with Crippen molar-refractivity contribution in [2.75, 3.05) is 19.7 Å². The number of aryl methyl sites for hydroxylation is 1. The van der Waals surface area contributed by atoms with Crippen molar-refractivity contribution in [3.8, 4) is 5.75 Å². The molecule has 6 heteroatoms. The van der Waals surface area contributed by atoms with E-state index in [1.54, 1.807) is 11.8 Å². The Balaban J connectivity index is 1.70. The van der Waals surface area contributed by atoms with Crippen LogP contribution < -0.4 is 10.1 Å². The first-order chi connectivity index (χ1) is 11.0. The van der Waals surface area contributed by atoms with E-state index in [1.165, 1.54) is 0 Å². The van der Waals surface area contributed by atoms with Gasteiger partial charge in [-0.15, -0.1) is 0 Å². The average Bonchev–Trinajstić information content (AvgIpc) is 3.33. The minimum absolute atomic E-state index is 0.114. The Morgan fingerprint density at radius 2 is 2.17 bits per heavy atom. The van der Waals surface area contributed by atoms with Gasteiger partial charge in [0.15, 0.2) is 0 Å². The normalized spacial score (nSPS) is 15.3. The van der Waals surface area contributed by atoms with Crippen molar-refractivity contribution in [3.05, 3.63) is 29.8 Å². The monoisotopic (exact) mass is 320 g/mol. The van der Waals surface area contributed by atoms with E-state index >= 15 is 0 Å². The van der Waals surface area contributed by atoms with Gasteiger partial charge in [0.1, 0.15) is 18.4 Å². The molecule has 1 atom stereocenters. The number of carbonyl (C=O) groups is 2. The number of ether oxygens (including phenoxy) is 1. The highest BCUT2D eigenvalue weighted by atomic mass is 16.5. The fourth-order valence-electron chi connectivity index (χ4n) is 2.42. The van der Waals surface area contributed by atoms with Crippen molar-refractivity contribution in [3.63, 3.8) is 0 Å². The number of aliphatic carboxylic acids is 1. The van der Waals surface area contributed by atoms with Gasteiger partial charge >= 0.3 is 5.97 Å². The molecule has 1 fully saturated rings. The molecule has 2 rings (SSSR count). The molecule has 126 valence electrons. The summed E-state index contributed by atoms with van der Waals surface area (Å²) >= 11 is 0. The number of amides is 1. The van der Waals surface area contributed by atoms with Crippen molar-refractivity contribution < 1.29 is 19.4 Å². The van der Waals surface area contributed by atoms with E-state index < -0.39 is 12.0 Å². The molecule has 1 unspecified atom stereocenters. The quantitative estimate of drug-likeness (QED) is 0.673. The zero-order chi connectivity index (χ0) is 16.8. The minimum Gasteiger partial charge on any atom is -0.492 e. The van der Waals surface area contributed by atoms with Gasteiger partial charge in [-0.05, 0) is 44.4 Å². The molecular formula is C17H24N2O4. The smallest absolute Gasteiger partial charge is 0.320 e. The lowest BCUT2D eigenvalue weighted by atomic mass is 10.2. The number of rotatable bonds is 9. The molecule has 1 aromatic carbocycles. The van der Waals surface area contributed by atoms with Crippen LogP contribution >= 0.6 is 0 Å². The van der Waals surface area contributed by atoms with Gasteiger partial charge in [-0.2, -0.15) is 0 Å². The Bertz CT molecular complexity index is 557. The lowest BCUT2D eigenvalue weighted by Gasteiger charge is -2.25. The largest absolute Gasteiger partial charge is 0.492 e. The zero-order valence-electron chi connectivity index (χ0n) is 13.6. The van der Waals surface area contributed by atoms with Crippen LogP contribution in [0.15, 0.2) is 24.3 Å². The molecule has 0 radical (unpaired) electrons. The Morgan fingerprint density at radius 3 is 2.78 bits per heavy atom. The third-order valence-corrected chi connectivity index (χ3v) is 3.88. The number of nitrogens with one attached hydrogen (secondary N) is 1. The van der Waals surface area contributed by atoms with Gasteiger partial charge in [0.05, 0.1) is 13.1 Å². The molecule has 1 aromatic rings. The Morgan fingerprint density at radius 1 is 1.43 bits per heavy atom. The van der Waals surface area contributed by atoms with Gasteiger partial charge < -0.3 is 15.2 Å². The second kappa shape index (κ2) is 7.97. The number of carbonyl (C=O) groups excluding carboxylic acids is 1. The summed E-state index contributed by atoms with van der Waals surface area (Å²) in [6.45, 7) is 4.50. The highest BCUT2D eigenvalue weighted by molar-refractivity contribution is 5.80. The summed E-state index contributed by atoms with van der Waals surface area (Å²) in [5.41, 5.74) is 1.12. The lowest BCUT2D eigenvalue weighted by Crippen LogP contribution is -2.46. The van der Waals surface area contributed by atoms with Crippen LogP contribution in [0.4, 0.5) is 0 Å². The van der Waals surface area contributed by atoms with Gasteiger partial charge in [0, 0.05) is 6.04 Å². The first-order valence-electron chi connectivity index (χ1n) is 7.92. The SMILES string of the molecule is Cc1cccc(OCCNC(=O)CN(C2CC2)C(C)C(=O)O)c1. The first kappa shape index (κ1) is 17.3. The van der Waals surface area contributed by atoms with Crippen LogP contribution in [0.25, 0.3) is 0 Å². The Kier molecular flexibility index (Phi) is 5.98. The van der Waals surface area contributed by atoms with E-state index in [4.69, 9.17) is 9.84 Å².